The molecule has 0 bridgehead atoms. The molecule has 1 heterocycles. The van der Waals surface area contributed by atoms with E-state index >= 15 is 0 Å². The molecule has 1 N–H and O–H groups in total. The van der Waals surface area contributed by atoms with Gasteiger partial charge in [0.1, 0.15) is 6.61 Å². The highest BCUT2D eigenvalue weighted by atomic mass is 16.5. The summed E-state index contributed by atoms with van der Waals surface area (Å²) in [7, 11) is 0. The SMILES string of the molecule is CCCOCC(=O)CCOC1CCNCC1. The molecule has 16 heavy (non-hydrogen) atoms. The zero-order valence-corrected chi connectivity index (χ0v) is 10.2. The topological polar surface area (TPSA) is 47.6 Å². The van der Waals surface area contributed by atoms with Crippen LogP contribution < -0.4 is 5.32 Å². The number of carbonyl (C=O) groups excluding carboxylic acids is 1. The number of hydrogen-bond donors (Lipinski definition) is 1. The molecule has 0 aromatic heterocycles. The molecule has 0 atom stereocenters. The number of rotatable bonds is 8. The lowest BCUT2D eigenvalue weighted by molar-refractivity contribution is -0.125. The van der Waals surface area contributed by atoms with Crippen LogP contribution in [0.1, 0.15) is 32.6 Å². The van der Waals surface area contributed by atoms with Crippen molar-refractivity contribution in [3.8, 4) is 0 Å². The van der Waals surface area contributed by atoms with Crippen molar-refractivity contribution in [2.45, 2.75) is 38.7 Å². The van der Waals surface area contributed by atoms with Crippen LogP contribution in [0.15, 0.2) is 0 Å². The van der Waals surface area contributed by atoms with E-state index in [2.05, 4.69) is 5.32 Å². The lowest BCUT2D eigenvalue weighted by atomic mass is 10.1. The first kappa shape index (κ1) is 13.6. The van der Waals surface area contributed by atoms with E-state index in [0.717, 1.165) is 32.4 Å². The van der Waals surface area contributed by atoms with Gasteiger partial charge in [-0.25, -0.2) is 0 Å². The third kappa shape index (κ3) is 6.20. The van der Waals surface area contributed by atoms with Gasteiger partial charge in [0.25, 0.3) is 0 Å². The number of ether oxygens (including phenoxy) is 2. The molecule has 1 fully saturated rings. The van der Waals surface area contributed by atoms with Crippen molar-refractivity contribution in [3.63, 3.8) is 0 Å². The summed E-state index contributed by atoms with van der Waals surface area (Å²) in [5, 5.41) is 3.28. The second kappa shape index (κ2) is 8.67. The standard InChI is InChI=1S/C12H23NO3/c1-2-8-15-10-11(14)5-9-16-12-3-6-13-7-4-12/h12-13H,2-10H2,1H3. The van der Waals surface area contributed by atoms with E-state index in [4.69, 9.17) is 9.47 Å². The Kier molecular flexibility index (Phi) is 7.38. The fourth-order valence-electron chi connectivity index (χ4n) is 1.70. The third-order valence-corrected chi connectivity index (χ3v) is 2.63. The van der Waals surface area contributed by atoms with Crippen molar-refractivity contribution < 1.29 is 14.3 Å². The molecular weight excluding hydrogens is 206 g/mol. The lowest BCUT2D eigenvalue weighted by Gasteiger charge is -2.22. The van der Waals surface area contributed by atoms with Crippen molar-refractivity contribution in [2.75, 3.05) is 32.9 Å². The van der Waals surface area contributed by atoms with Crippen LogP contribution in [-0.4, -0.2) is 44.8 Å². The van der Waals surface area contributed by atoms with E-state index in [1.807, 2.05) is 6.92 Å². The number of nitrogens with one attached hydrogen (secondary N) is 1. The molecule has 4 nitrogen and oxygen atoms in total. The van der Waals surface area contributed by atoms with Gasteiger partial charge < -0.3 is 14.8 Å². The molecule has 0 aliphatic carbocycles. The van der Waals surface area contributed by atoms with E-state index in [-0.39, 0.29) is 12.4 Å². The Morgan fingerprint density at radius 1 is 1.31 bits per heavy atom. The van der Waals surface area contributed by atoms with Crippen LogP contribution in [0, 0.1) is 0 Å². The van der Waals surface area contributed by atoms with Gasteiger partial charge in [-0.3, -0.25) is 4.79 Å². The smallest absolute Gasteiger partial charge is 0.160 e. The van der Waals surface area contributed by atoms with Crippen molar-refractivity contribution in [2.24, 2.45) is 0 Å². The maximum atomic E-state index is 11.3. The van der Waals surface area contributed by atoms with E-state index < -0.39 is 0 Å². The summed E-state index contributed by atoms with van der Waals surface area (Å²) < 4.78 is 10.8. The van der Waals surface area contributed by atoms with Crippen LogP contribution in [0.25, 0.3) is 0 Å². The van der Waals surface area contributed by atoms with E-state index in [9.17, 15) is 4.79 Å². The van der Waals surface area contributed by atoms with Crippen molar-refractivity contribution in [3.05, 3.63) is 0 Å². The van der Waals surface area contributed by atoms with Crippen LogP contribution >= 0.6 is 0 Å². The van der Waals surface area contributed by atoms with Crippen molar-refractivity contribution in [1.82, 2.24) is 5.32 Å². The van der Waals surface area contributed by atoms with Crippen LogP contribution in [0.4, 0.5) is 0 Å². The molecule has 0 aromatic rings. The summed E-state index contributed by atoms with van der Waals surface area (Å²) in [4.78, 5) is 11.3. The second-order valence-corrected chi connectivity index (χ2v) is 4.16. The number of piperidine rings is 1. The highest BCUT2D eigenvalue weighted by Crippen LogP contribution is 2.07. The molecule has 0 amide bonds. The second-order valence-electron chi connectivity index (χ2n) is 4.16. The zero-order chi connectivity index (χ0) is 11.6. The number of Topliss-reactive ketones (excluding diaryl/α,β-unsaturated/α-hetero) is 1. The summed E-state index contributed by atoms with van der Waals surface area (Å²) in [5.41, 5.74) is 0. The lowest BCUT2D eigenvalue weighted by Crippen LogP contribution is -2.32. The highest BCUT2D eigenvalue weighted by Gasteiger charge is 2.13. The third-order valence-electron chi connectivity index (χ3n) is 2.63. The fraction of sp³-hybridized carbons (Fsp3) is 0.917. The maximum absolute atomic E-state index is 11.3. The Morgan fingerprint density at radius 3 is 2.75 bits per heavy atom. The minimum Gasteiger partial charge on any atom is -0.378 e. The summed E-state index contributed by atoms with van der Waals surface area (Å²) in [6, 6.07) is 0. The van der Waals surface area contributed by atoms with E-state index in [1.165, 1.54) is 0 Å². The summed E-state index contributed by atoms with van der Waals surface area (Å²) >= 11 is 0. The summed E-state index contributed by atoms with van der Waals surface area (Å²) in [6.07, 6.45) is 3.89. The first-order valence-corrected chi connectivity index (χ1v) is 6.24. The maximum Gasteiger partial charge on any atom is 0.160 e. The number of carbonyl (C=O) groups is 1. The predicted molar refractivity (Wildman–Crippen MR) is 62.6 cm³/mol. The van der Waals surface area contributed by atoms with Gasteiger partial charge in [-0.05, 0) is 32.4 Å². The van der Waals surface area contributed by atoms with Crippen LogP contribution in [0.5, 0.6) is 0 Å². The molecular formula is C12H23NO3. The molecule has 0 saturated carbocycles. The molecule has 1 rings (SSSR count). The van der Waals surface area contributed by atoms with Crippen LogP contribution in [0.2, 0.25) is 0 Å². The molecule has 0 unspecified atom stereocenters. The molecule has 4 heteroatoms. The quantitative estimate of drug-likeness (QED) is 0.634. The first-order chi connectivity index (χ1) is 7.83. The minimum atomic E-state index is 0.141. The normalized spacial score (nSPS) is 17.6. The van der Waals surface area contributed by atoms with Gasteiger partial charge >= 0.3 is 0 Å². The minimum absolute atomic E-state index is 0.141. The monoisotopic (exact) mass is 229 g/mol. The Balaban J connectivity index is 1.94. The van der Waals surface area contributed by atoms with Gasteiger partial charge in [0.15, 0.2) is 5.78 Å². The van der Waals surface area contributed by atoms with Crippen molar-refractivity contribution >= 4 is 5.78 Å². The average Bonchev–Trinajstić information content (AvgIpc) is 2.31. The average molecular weight is 229 g/mol. The molecule has 0 spiro atoms. The fourth-order valence-corrected chi connectivity index (χ4v) is 1.70. The van der Waals surface area contributed by atoms with Crippen LogP contribution in [-0.2, 0) is 14.3 Å². The van der Waals surface area contributed by atoms with Gasteiger partial charge in [-0.15, -0.1) is 0 Å². The Hall–Kier alpha value is -0.450. The Labute approximate surface area is 97.7 Å². The zero-order valence-electron chi connectivity index (χ0n) is 10.2. The van der Waals surface area contributed by atoms with Gasteiger partial charge in [0, 0.05) is 13.0 Å². The first-order valence-electron chi connectivity index (χ1n) is 6.24. The molecule has 1 aliphatic heterocycles. The Morgan fingerprint density at radius 2 is 2.06 bits per heavy atom. The van der Waals surface area contributed by atoms with E-state index in [1.54, 1.807) is 0 Å². The predicted octanol–water partition coefficient (Wildman–Crippen LogP) is 1.14. The van der Waals surface area contributed by atoms with Gasteiger partial charge in [-0.1, -0.05) is 6.92 Å². The number of ketones is 1. The molecule has 0 aromatic carbocycles. The number of hydrogen-bond acceptors (Lipinski definition) is 4. The summed E-state index contributed by atoms with van der Waals surface area (Å²) in [5.74, 6) is 0.141. The Bertz CT molecular complexity index is 191. The van der Waals surface area contributed by atoms with E-state index in [0.29, 0.717) is 25.7 Å². The molecule has 0 radical (unpaired) electrons. The molecule has 1 aliphatic rings. The molecule has 94 valence electrons. The summed E-state index contributed by atoms with van der Waals surface area (Å²) in [6.45, 7) is 5.53. The highest BCUT2D eigenvalue weighted by molar-refractivity contribution is 5.79. The van der Waals surface area contributed by atoms with Gasteiger partial charge in [0.05, 0.1) is 12.7 Å². The van der Waals surface area contributed by atoms with Crippen LogP contribution in [0.3, 0.4) is 0 Å². The van der Waals surface area contributed by atoms with Gasteiger partial charge in [0.2, 0.25) is 0 Å². The van der Waals surface area contributed by atoms with Crippen molar-refractivity contribution in [1.29, 1.82) is 0 Å². The molecule has 1 saturated heterocycles. The van der Waals surface area contributed by atoms with Gasteiger partial charge in [-0.2, -0.15) is 0 Å². The largest absolute Gasteiger partial charge is 0.378 e.